The van der Waals surface area contributed by atoms with E-state index in [2.05, 4.69) is 37.2 Å². The van der Waals surface area contributed by atoms with Crippen molar-refractivity contribution in [2.45, 2.75) is 24.1 Å². The molecule has 1 fully saturated rings. The van der Waals surface area contributed by atoms with Gasteiger partial charge in [-0.15, -0.1) is 0 Å². The molecule has 1 saturated carbocycles. The zero-order valence-electron chi connectivity index (χ0n) is 6.85. The van der Waals surface area contributed by atoms with Gasteiger partial charge in [-0.1, -0.05) is 31.9 Å². The molecule has 1 unspecified atom stereocenters. The smallest absolute Gasteiger partial charge is 0.233 e. The van der Waals surface area contributed by atoms with Gasteiger partial charge in [-0.2, -0.15) is 0 Å². The third-order valence-electron chi connectivity index (χ3n) is 1.91. The van der Waals surface area contributed by atoms with Gasteiger partial charge in [-0.3, -0.25) is 4.79 Å². The van der Waals surface area contributed by atoms with Crippen molar-refractivity contribution >= 4 is 37.8 Å². The lowest BCUT2D eigenvalue weighted by Crippen LogP contribution is -2.32. The van der Waals surface area contributed by atoms with Crippen molar-refractivity contribution in [2.75, 3.05) is 11.9 Å². The Kier molecular flexibility index (Phi) is 4.57. The molecule has 12 heavy (non-hydrogen) atoms. The molecule has 4 heteroatoms. The molecule has 70 valence electrons. The summed E-state index contributed by atoms with van der Waals surface area (Å²) >= 11 is 6.63. The van der Waals surface area contributed by atoms with Gasteiger partial charge in [0.05, 0.1) is 4.83 Å². The molecule has 1 aliphatic carbocycles. The second-order valence-corrected chi connectivity index (χ2v) is 5.03. The van der Waals surface area contributed by atoms with Crippen LogP contribution in [0.5, 0.6) is 0 Å². The van der Waals surface area contributed by atoms with E-state index in [1.54, 1.807) is 0 Å². The average Bonchev–Trinajstić information content (AvgIpc) is 2.83. The highest BCUT2D eigenvalue weighted by atomic mass is 79.9. The fourth-order valence-corrected chi connectivity index (χ4v) is 2.37. The monoisotopic (exact) mass is 297 g/mol. The van der Waals surface area contributed by atoms with Crippen LogP contribution in [0.2, 0.25) is 0 Å². The zero-order chi connectivity index (χ0) is 8.97. The van der Waals surface area contributed by atoms with Gasteiger partial charge in [-0.25, -0.2) is 0 Å². The minimum atomic E-state index is -0.0318. The van der Waals surface area contributed by atoms with Crippen molar-refractivity contribution in [3.05, 3.63) is 0 Å². The van der Waals surface area contributed by atoms with Crippen LogP contribution in [-0.4, -0.2) is 22.6 Å². The lowest BCUT2D eigenvalue weighted by Gasteiger charge is -2.08. The van der Waals surface area contributed by atoms with Gasteiger partial charge >= 0.3 is 0 Å². The number of carbonyl (C=O) groups excluding carboxylic acids is 1. The minimum absolute atomic E-state index is 0.0318. The van der Waals surface area contributed by atoms with E-state index in [1.165, 1.54) is 12.8 Å². The van der Waals surface area contributed by atoms with Crippen molar-refractivity contribution < 1.29 is 4.79 Å². The van der Waals surface area contributed by atoms with Gasteiger partial charge in [0.15, 0.2) is 0 Å². The standard InChI is InChI=1S/C8H13Br2NO/c9-4-3-7(10)8(12)11-5-6-1-2-6/h6-7H,1-5H2,(H,11,12). The predicted molar refractivity (Wildman–Crippen MR) is 56.9 cm³/mol. The highest BCUT2D eigenvalue weighted by Gasteiger charge is 2.23. The van der Waals surface area contributed by atoms with Crippen LogP contribution in [0.15, 0.2) is 0 Å². The molecule has 0 aromatic carbocycles. The van der Waals surface area contributed by atoms with Crippen LogP contribution in [0.3, 0.4) is 0 Å². The van der Waals surface area contributed by atoms with Gasteiger partial charge in [0, 0.05) is 11.9 Å². The van der Waals surface area contributed by atoms with E-state index < -0.39 is 0 Å². The van der Waals surface area contributed by atoms with Crippen molar-refractivity contribution in [3.63, 3.8) is 0 Å². The Bertz CT molecular complexity index is 159. The van der Waals surface area contributed by atoms with Crippen LogP contribution in [0.25, 0.3) is 0 Å². The summed E-state index contributed by atoms with van der Waals surface area (Å²) in [5.74, 6) is 0.888. The fourth-order valence-electron chi connectivity index (χ4n) is 0.905. The maximum absolute atomic E-state index is 11.3. The number of hydrogen-bond donors (Lipinski definition) is 1. The second-order valence-electron chi connectivity index (χ2n) is 3.13. The molecule has 1 N–H and O–H groups in total. The Balaban J connectivity index is 2.07. The molecule has 0 aromatic heterocycles. The Hall–Kier alpha value is 0.430. The van der Waals surface area contributed by atoms with Gasteiger partial charge < -0.3 is 5.32 Å². The van der Waals surface area contributed by atoms with Crippen molar-refractivity contribution in [3.8, 4) is 0 Å². The van der Waals surface area contributed by atoms with Gasteiger partial charge in [0.25, 0.3) is 0 Å². The molecule has 1 rings (SSSR count). The maximum Gasteiger partial charge on any atom is 0.233 e. The normalized spacial score (nSPS) is 18.8. The third-order valence-corrected chi connectivity index (χ3v) is 3.24. The minimum Gasteiger partial charge on any atom is -0.355 e. The first kappa shape index (κ1) is 10.5. The molecule has 1 aliphatic rings. The molecule has 0 radical (unpaired) electrons. The summed E-state index contributed by atoms with van der Waals surface area (Å²) < 4.78 is 0. The maximum atomic E-state index is 11.3. The van der Waals surface area contributed by atoms with E-state index in [4.69, 9.17) is 0 Å². The topological polar surface area (TPSA) is 29.1 Å². The van der Waals surface area contributed by atoms with Gasteiger partial charge in [0.2, 0.25) is 5.91 Å². The van der Waals surface area contributed by atoms with E-state index in [9.17, 15) is 4.79 Å². The van der Waals surface area contributed by atoms with Crippen molar-refractivity contribution in [1.29, 1.82) is 0 Å². The number of alkyl halides is 2. The largest absolute Gasteiger partial charge is 0.355 e. The van der Waals surface area contributed by atoms with Crippen LogP contribution in [0, 0.1) is 5.92 Å². The lowest BCUT2D eigenvalue weighted by molar-refractivity contribution is -0.120. The van der Waals surface area contributed by atoms with E-state index >= 15 is 0 Å². The SMILES string of the molecule is O=C(NCC1CC1)C(Br)CCBr. The summed E-state index contributed by atoms with van der Waals surface area (Å²) in [7, 11) is 0. The van der Waals surface area contributed by atoms with Gasteiger partial charge in [0.1, 0.15) is 0 Å². The summed E-state index contributed by atoms with van der Waals surface area (Å²) in [5, 5.41) is 3.78. The van der Waals surface area contributed by atoms with Crippen LogP contribution < -0.4 is 5.32 Å². The molecule has 0 heterocycles. The number of halogens is 2. The summed E-state index contributed by atoms with van der Waals surface area (Å²) in [6, 6.07) is 0. The summed E-state index contributed by atoms with van der Waals surface area (Å²) in [6.07, 6.45) is 3.41. The van der Waals surface area contributed by atoms with Crippen molar-refractivity contribution in [2.24, 2.45) is 5.92 Å². The molecular weight excluding hydrogens is 286 g/mol. The van der Waals surface area contributed by atoms with Crippen LogP contribution in [-0.2, 0) is 4.79 Å². The Labute approximate surface area is 89.7 Å². The number of amides is 1. The van der Waals surface area contributed by atoms with Gasteiger partial charge in [-0.05, 0) is 25.2 Å². The molecule has 0 aliphatic heterocycles. The molecule has 1 atom stereocenters. The average molecular weight is 299 g/mol. The highest BCUT2D eigenvalue weighted by Crippen LogP contribution is 2.27. The summed E-state index contributed by atoms with van der Waals surface area (Å²) in [6.45, 7) is 0.864. The molecule has 0 saturated heterocycles. The third kappa shape index (κ3) is 3.90. The quantitative estimate of drug-likeness (QED) is 0.774. The Morgan fingerprint density at radius 1 is 1.58 bits per heavy atom. The van der Waals surface area contributed by atoms with Crippen LogP contribution in [0.4, 0.5) is 0 Å². The van der Waals surface area contributed by atoms with Crippen LogP contribution >= 0.6 is 31.9 Å². The summed E-state index contributed by atoms with van der Waals surface area (Å²) in [5.41, 5.74) is 0. The number of hydrogen-bond acceptors (Lipinski definition) is 1. The van der Waals surface area contributed by atoms with E-state index in [0.29, 0.717) is 0 Å². The number of nitrogens with one attached hydrogen (secondary N) is 1. The molecule has 2 nitrogen and oxygen atoms in total. The molecular formula is C8H13Br2NO. The first-order valence-corrected chi connectivity index (χ1v) is 6.25. The van der Waals surface area contributed by atoms with E-state index in [1.807, 2.05) is 0 Å². The molecule has 0 bridgehead atoms. The van der Waals surface area contributed by atoms with Crippen LogP contribution in [0.1, 0.15) is 19.3 Å². The second kappa shape index (κ2) is 5.22. The van der Waals surface area contributed by atoms with E-state index in [-0.39, 0.29) is 10.7 Å². The first-order valence-electron chi connectivity index (χ1n) is 4.21. The zero-order valence-corrected chi connectivity index (χ0v) is 10.0. The molecule has 0 spiro atoms. The van der Waals surface area contributed by atoms with E-state index in [0.717, 1.165) is 24.2 Å². The number of carbonyl (C=O) groups is 1. The molecule has 0 aromatic rings. The molecule has 1 amide bonds. The lowest BCUT2D eigenvalue weighted by atomic mass is 10.3. The Morgan fingerprint density at radius 3 is 2.75 bits per heavy atom. The van der Waals surface area contributed by atoms with Crippen molar-refractivity contribution in [1.82, 2.24) is 5.32 Å². The Morgan fingerprint density at radius 2 is 2.25 bits per heavy atom. The summed E-state index contributed by atoms with van der Waals surface area (Å²) in [4.78, 5) is 11.3. The number of rotatable bonds is 5. The first-order chi connectivity index (χ1) is 5.74. The fraction of sp³-hybridized carbons (Fsp3) is 0.875. The highest BCUT2D eigenvalue weighted by molar-refractivity contribution is 9.10. The predicted octanol–water partition coefficient (Wildman–Crippen LogP) is 2.06.